The van der Waals surface area contributed by atoms with E-state index in [1.807, 2.05) is 19.9 Å². The first-order chi connectivity index (χ1) is 12.7. The van der Waals surface area contributed by atoms with Crippen molar-refractivity contribution < 1.29 is 19.5 Å². The van der Waals surface area contributed by atoms with Gasteiger partial charge in [0.1, 0.15) is 11.3 Å². The Morgan fingerprint density at radius 1 is 1.07 bits per heavy atom. The SMILES string of the molecule is Cc1cc(C)cc(N2C(=O)NC(=O)/C(=C\c3cc(Cl)c(O)c(Br)c3)C2=O)c1. The van der Waals surface area contributed by atoms with Gasteiger partial charge in [0.15, 0.2) is 0 Å². The summed E-state index contributed by atoms with van der Waals surface area (Å²) in [5, 5.41) is 11.9. The van der Waals surface area contributed by atoms with Crippen molar-refractivity contribution >= 4 is 57.1 Å². The van der Waals surface area contributed by atoms with Crippen LogP contribution >= 0.6 is 27.5 Å². The average Bonchev–Trinajstić information content (AvgIpc) is 2.55. The third kappa shape index (κ3) is 3.74. The van der Waals surface area contributed by atoms with Crippen molar-refractivity contribution in [2.75, 3.05) is 4.90 Å². The summed E-state index contributed by atoms with van der Waals surface area (Å²) in [6.45, 7) is 3.70. The number of carbonyl (C=O) groups excluding carboxylic acids is 3. The van der Waals surface area contributed by atoms with Crippen LogP contribution in [-0.4, -0.2) is 23.0 Å². The van der Waals surface area contributed by atoms with Gasteiger partial charge in [-0.05, 0) is 76.8 Å². The molecule has 1 heterocycles. The predicted octanol–water partition coefficient (Wildman–Crippen LogP) is 4.09. The van der Waals surface area contributed by atoms with E-state index < -0.39 is 17.8 Å². The number of carbonyl (C=O) groups is 3. The molecule has 1 saturated heterocycles. The standard InChI is InChI=1S/C19H14BrClN2O4/c1-9-3-10(2)5-12(4-9)23-18(26)13(17(25)22-19(23)27)6-11-7-14(20)16(24)15(21)8-11/h3-8,24H,1-2H3,(H,22,25,27)/b13-6+. The third-order valence-corrected chi connectivity index (χ3v) is 4.81. The summed E-state index contributed by atoms with van der Waals surface area (Å²) in [5.74, 6) is -1.69. The highest BCUT2D eigenvalue weighted by molar-refractivity contribution is 9.10. The van der Waals surface area contributed by atoms with Crippen LogP contribution in [0.25, 0.3) is 6.08 Å². The Morgan fingerprint density at radius 3 is 2.30 bits per heavy atom. The van der Waals surface area contributed by atoms with Gasteiger partial charge in [-0.25, -0.2) is 9.69 Å². The number of phenolic OH excluding ortho intramolecular Hbond substituents is 1. The number of hydrogen-bond donors (Lipinski definition) is 2. The molecule has 0 unspecified atom stereocenters. The molecule has 2 aromatic rings. The fraction of sp³-hybridized carbons (Fsp3) is 0.105. The molecule has 4 amide bonds. The molecule has 0 aromatic heterocycles. The fourth-order valence-electron chi connectivity index (χ4n) is 2.81. The number of phenols is 1. The van der Waals surface area contributed by atoms with Crippen molar-refractivity contribution in [1.29, 1.82) is 0 Å². The highest BCUT2D eigenvalue weighted by Crippen LogP contribution is 2.34. The van der Waals surface area contributed by atoms with Crippen LogP contribution in [0.2, 0.25) is 5.02 Å². The zero-order chi connectivity index (χ0) is 19.9. The Morgan fingerprint density at radius 2 is 1.70 bits per heavy atom. The quantitative estimate of drug-likeness (QED) is 0.534. The minimum atomic E-state index is -0.808. The summed E-state index contributed by atoms with van der Waals surface area (Å²) < 4.78 is 0.313. The number of aromatic hydroxyl groups is 1. The smallest absolute Gasteiger partial charge is 0.335 e. The van der Waals surface area contributed by atoms with Gasteiger partial charge in [0.2, 0.25) is 0 Å². The number of amides is 4. The van der Waals surface area contributed by atoms with Crippen molar-refractivity contribution in [1.82, 2.24) is 5.32 Å². The monoisotopic (exact) mass is 448 g/mol. The molecule has 1 fully saturated rings. The molecule has 0 atom stereocenters. The summed E-state index contributed by atoms with van der Waals surface area (Å²) in [7, 11) is 0. The van der Waals surface area contributed by atoms with Gasteiger partial charge in [0.25, 0.3) is 11.8 Å². The number of nitrogens with zero attached hydrogens (tertiary/aromatic N) is 1. The molecule has 0 spiro atoms. The van der Waals surface area contributed by atoms with Crippen LogP contribution in [0.3, 0.4) is 0 Å². The summed E-state index contributed by atoms with van der Waals surface area (Å²) in [5.41, 5.74) is 2.32. The van der Waals surface area contributed by atoms with Crippen molar-refractivity contribution in [3.8, 4) is 5.75 Å². The number of imide groups is 2. The van der Waals surface area contributed by atoms with Gasteiger partial charge >= 0.3 is 6.03 Å². The first-order valence-electron chi connectivity index (χ1n) is 7.85. The first-order valence-corrected chi connectivity index (χ1v) is 9.02. The van der Waals surface area contributed by atoms with Crippen molar-refractivity contribution in [3.63, 3.8) is 0 Å². The lowest BCUT2D eigenvalue weighted by Crippen LogP contribution is -2.54. The Labute approximate surface area is 168 Å². The van der Waals surface area contributed by atoms with E-state index in [0.717, 1.165) is 16.0 Å². The number of benzene rings is 2. The lowest BCUT2D eigenvalue weighted by molar-refractivity contribution is -0.122. The maximum absolute atomic E-state index is 12.9. The largest absolute Gasteiger partial charge is 0.505 e. The average molecular weight is 450 g/mol. The van der Waals surface area contributed by atoms with Crippen LogP contribution in [0.15, 0.2) is 40.4 Å². The molecule has 0 radical (unpaired) electrons. The zero-order valence-corrected chi connectivity index (χ0v) is 16.7. The lowest BCUT2D eigenvalue weighted by Gasteiger charge is -2.27. The Kier molecular flexibility index (Phi) is 5.08. The normalized spacial score (nSPS) is 16.1. The van der Waals surface area contributed by atoms with E-state index in [-0.39, 0.29) is 16.3 Å². The maximum Gasteiger partial charge on any atom is 0.335 e. The number of halogens is 2. The van der Waals surface area contributed by atoms with Crippen molar-refractivity contribution in [3.05, 3.63) is 62.1 Å². The third-order valence-electron chi connectivity index (χ3n) is 3.92. The number of aryl methyl sites for hydroxylation is 2. The van der Waals surface area contributed by atoms with Crippen LogP contribution in [0.1, 0.15) is 16.7 Å². The molecule has 8 heteroatoms. The molecule has 6 nitrogen and oxygen atoms in total. The van der Waals surface area contributed by atoms with Gasteiger partial charge in [-0.1, -0.05) is 17.7 Å². The Hall–Kier alpha value is -2.64. The van der Waals surface area contributed by atoms with E-state index >= 15 is 0 Å². The predicted molar refractivity (Wildman–Crippen MR) is 106 cm³/mol. The molecule has 27 heavy (non-hydrogen) atoms. The van der Waals surface area contributed by atoms with Crippen LogP contribution in [0.4, 0.5) is 10.5 Å². The molecule has 0 bridgehead atoms. The van der Waals surface area contributed by atoms with E-state index in [9.17, 15) is 19.5 Å². The van der Waals surface area contributed by atoms with E-state index in [2.05, 4.69) is 21.2 Å². The molecule has 138 valence electrons. The number of hydrogen-bond acceptors (Lipinski definition) is 4. The lowest BCUT2D eigenvalue weighted by atomic mass is 10.1. The van der Waals surface area contributed by atoms with Gasteiger partial charge < -0.3 is 5.11 Å². The number of nitrogens with one attached hydrogen (secondary N) is 1. The minimum absolute atomic E-state index is 0.0575. The second-order valence-corrected chi connectivity index (χ2v) is 7.40. The molecule has 3 rings (SSSR count). The summed E-state index contributed by atoms with van der Waals surface area (Å²) >= 11 is 9.09. The number of anilines is 1. The molecule has 0 saturated carbocycles. The second kappa shape index (κ2) is 7.17. The van der Waals surface area contributed by atoms with Gasteiger partial charge in [-0.15, -0.1) is 0 Å². The van der Waals surface area contributed by atoms with Crippen LogP contribution in [0.5, 0.6) is 5.75 Å². The van der Waals surface area contributed by atoms with Gasteiger partial charge in [0.05, 0.1) is 15.2 Å². The summed E-state index contributed by atoms with van der Waals surface area (Å²) in [6.07, 6.45) is 1.32. The van der Waals surface area contributed by atoms with Gasteiger partial charge in [0, 0.05) is 0 Å². The van der Waals surface area contributed by atoms with Crippen LogP contribution < -0.4 is 10.2 Å². The fourth-order valence-corrected chi connectivity index (χ4v) is 3.63. The van der Waals surface area contributed by atoms with E-state index in [0.29, 0.717) is 15.7 Å². The highest BCUT2D eigenvalue weighted by Gasteiger charge is 2.37. The molecule has 1 aliphatic rings. The first kappa shape index (κ1) is 19.1. The van der Waals surface area contributed by atoms with E-state index in [1.165, 1.54) is 18.2 Å². The topological polar surface area (TPSA) is 86.7 Å². The number of rotatable bonds is 2. The molecule has 2 N–H and O–H groups in total. The van der Waals surface area contributed by atoms with E-state index in [1.54, 1.807) is 12.1 Å². The summed E-state index contributed by atoms with van der Waals surface area (Å²) in [4.78, 5) is 38.3. The number of urea groups is 1. The van der Waals surface area contributed by atoms with Gasteiger partial charge in [-0.2, -0.15) is 0 Å². The molecule has 0 aliphatic carbocycles. The van der Waals surface area contributed by atoms with E-state index in [4.69, 9.17) is 11.6 Å². The van der Waals surface area contributed by atoms with Crippen molar-refractivity contribution in [2.45, 2.75) is 13.8 Å². The van der Waals surface area contributed by atoms with Gasteiger partial charge in [-0.3, -0.25) is 14.9 Å². The maximum atomic E-state index is 12.9. The Balaban J connectivity index is 2.07. The zero-order valence-electron chi connectivity index (χ0n) is 14.3. The second-order valence-electron chi connectivity index (χ2n) is 6.14. The highest BCUT2D eigenvalue weighted by atomic mass is 79.9. The number of barbiturate groups is 1. The molecule has 1 aliphatic heterocycles. The Bertz CT molecular complexity index is 989. The molecular weight excluding hydrogens is 436 g/mol. The molecule has 2 aromatic carbocycles. The summed E-state index contributed by atoms with van der Waals surface area (Å²) in [6, 6.07) is 7.39. The molecular formula is C19H14BrClN2O4. The minimum Gasteiger partial charge on any atom is -0.505 e. The van der Waals surface area contributed by atoms with Crippen LogP contribution in [0, 0.1) is 13.8 Å². The van der Waals surface area contributed by atoms with Crippen molar-refractivity contribution in [2.24, 2.45) is 0 Å². The van der Waals surface area contributed by atoms with Crippen LogP contribution in [-0.2, 0) is 9.59 Å².